The van der Waals surface area contributed by atoms with E-state index in [1.165, 1.54) is 0 Å². The van der Waals surface area contributed by atoms with Gasteiger partial charge in [-0.25, -0.2) is 0 Å². The lowest BCUT2D eigenvalue weighted by atomic mass is 10.1. The Labute approximate surface area is 97.4 Å². The SMILES string of the molecule is CC(CCCC(F)(F)F)NCCCS(C)=O. The van der Waals surface area contributed by atoms with Crippen LogP contribution in [0.25, 0.3) is 0 Å². The lowest BCUT2D eigenvalue weighted by molar-refractivity contribution is -0.135. The molecule has 0 saturated carbocycles. The molecule has 0 aliphatic heterocycles. The van der Waals surface area contributed by atoms with E-state index >= 15 is 0 Å². The summed E-state index contributed by atoms with van der Waals surface area (Å²) in [4.78, 5) is 0. The summed E-state index contributed by atoms with van der Waals surface area (Å²) in [6.07, 6.45) is -1.62. The zero-order chi connectivity index (χ0) is 12.6. The summed E-state index contributed by atoms with van der Waals surface area (Å²) in [6, 6.07) is 0.0904. The maximum atomic E-state index is 11.8. The minimum Gasteiger partial charge on any atom is -0.314 e. The second-order valence-corrected chi connectivity index (χ2v) is 5.55. The normalized spacial score (nSPS) is 16.1. The van der Waals surface area contributed by atoms with Gasteiger partial charge in [0.1, 0.15) is 0 Å². The molecule has 0 aliphatic rings. The van der Waals surface area contributed by atoms with E-state index in [0.29, 0.717) is 18.7 Å². The van der Waals surface area contributed by atoms with Gasteiger partial charge in [-0.1, -0.05) is 0 Å². The second kappa shape index (κ2) is 8.06. The van der Waals surface area contributed by atoms with Crippen LogP contribution in [-0.4, -0.2) is 35.0 Å². The molecule has 0 aromatic carbocycles. The molecule has 0 saturated heterocycles. The topological polar surface area (TPSA) is 29.1 Å². The molecular weight excluding hydrogens is 239 g/mol. The van der Waals surface area contributed by atoms with Crippen LogP contribution in [0.4, 0.5) is 13.2 Å². The molecule has 0 amide bonds. The summed E-state index contributed by atoms with van der Waals surface area (Å²) in [5, 5.41) is 3.12. The average Bonchev–Trinajstić information content (AvgIpc) is 2.10. The van der Waals surface area contributed by atoms with Crippen molar-refractivity contribution in [1.29, 1.82) is 0 Å². The van der Waals surface area contributed by atoms with Crippen molar-refractivity contribution in [3.8, 4) is 0 Å². The van der Waals surface area contributed by atoms with Crippen LogP contribution in [0, 0.1) is 0 Å². The Bertz CT molecular complexity index is 209. The van der Waals surface area contributed by atoms with Crippen molar-refractivity contribution in [2.75, 3.05) is 18.6 Å². The predicted molar refractivity (Wildman–Crippen MR) is 60.9 cm³/mol. The van der Waals surface area contributed by atoms with Gasteiger partial charge >= 0.3 is 6.18 Å². The van der Waals surface area contributed by atoms with E-state index in [1.807, 2.05) is 6.92 Å². The lowest BCUT2D eigenvalue weighted by Crippen LogP contribution is -2.28. The summed E-state index contributed by atoms with van der Waals surface area (Å²) >= 11 is 0. The maximum absolute atomic E-state index is 11.8. The third kappa shape index (κ3) is 12.0. The summed E-state index contributed by atoms with van der Waals surface area (Å²) in [6.45, 7) is 2.59. The molecule has 0 rings (SSSR count). The molecule has 0 radical (unpaired) electrons. The van der Waals surface area contributed by atoms with Crippen LogP contribution in [-0.2, 0) is 10.8 Å². The van der Waals surface area contributed by atoms with Crippen LogP contribution in [0.1, 0.15) is 32.6 Å². The third-order valence-corrected chi connectivity index (χ3v) is 3.06. The highest BCUT2D eigenvalue weighted by atomic mass is 32.2. The van der Waals surface area contributed by atoms with Crippen molar-refractivity contribution in [2.45, 2.75) is 44.8 Å². The van der Waals surface area contributed by atoms with E-state index in [0.717, 1.165) is 6.42 Å². The van der Waals surface area contributed by atoms with E-state index in [2.05, 4.69) is 5.32 Å². The Hall–Kier alpha value is -0.100. The molecule has 98 valence electrons. The van der Waals surface area contributed by atoms with Gasteiger partial charge in [0.15, 0.2) is 0 Å². The van der Waals surface area contributed by atoms with E-state index < -0.39 is 23.4 Å². The van der Waals surface area contributed by atoms with E-state index in [1.54, 1.807) is 6.26 Å². The minimum absolute atomic E-state index is 0.0904. The Morgan fingerprint density at radius 2 is 1.94 bits per heavy atom. The summed E-state index contributed by atoms with van der Waals surface area (Å²) in [5.41, 5.74) is 0. The molecule has 2 unspecified atom stereocenters. The quantitative estimate of drug-likeness (QED) is 0.678. The van der Waals surface area contributed by atoms with Crippen LogP contribution in [0.3, 0.4) is 0 Å². The van der Waals surface area contributed by atoms with Gasteiger partial charge < -0.3 is 5.32 Å². The molecule has 0 spiro atoms. The van der Waals surface area contributed by atoms with Crippen LogP contribution >= 0.6 is 0 Å². The van der Waals surface area contributed by atoms with Gasteiger partial charge in [0, 0.05) is 35.3 Å². The average molecular weight is 259 g/mol. The predicted octanol–water partition coefficient (Wildman–Crippen LogP) is 2.47. The zero-order valence-electron chi connectivity index (χ0n) is 9.77. The molecule has 0 heterocycles. The second-order valence-electron chi connectivity index (χ2n) is 3.99. The van der Waals surface area contributed by atoms with Crippen LogP contribution in [0.15, 0.2) is 0 Å². The number of hydrogen-bond donors (Lipinski definition) is 1. The Morgan fingerprint density at radius 1 is 1.31 bits per heavy atom. The summed E-state index contributed by atoms with van der Waals surface area (Å²) in [7, 11) is -0.786. The van der Waals surface area contributed by atoms with E-state index in [9.17, 15) is 17.4 Å². The summed E-state index contributed by atoms with van der Waals surface area (Å²) < 4.78 is 46.3. The highest BCUT2D eigenvalue weighted by molar-refractivity contribution is 7.84. The van der Waals surface area contributed by atoms with Gasteiger partial charge in [-0.3, -0.25) is 4.21 Å². The van der Waals surface area contributed by atoms with Gasteiger partial charge in [0.25, 0.3) is 0 Å². The lowest BCUT2D eigenvalue weighted by Gasteiger charge is -2.14. The van der Waals surface area contributed by atoms with Crippen molar-refractivity contribution in [2.24, 2.45) is 0 Å². The molecule has 0 aliphatic carbocycles. The van der Waals surface area contributed by atoms with Crippen molar-refractivity contribution in [3.63, 3.8) is 0 Å². The fourth-order valence-corrected chi connectivity index (χ4v) is 1.89. The van der Waals surface area contributed by atoms with Crippen molar-refractivity contribution in [1.82, 2.24) is 5.32 Å². The number of alkyl halides is 3. The minimum atomic E-state index is -4.04. The van der Waals surface area contributed by atoms with Crippen LogP contribution in [0.5, 0.6) is 0 Å². The Kier molecular flexibility index (Phi) is 8.01. The van der Waals surface area contributed by atoms with E-state index in [-0.39, 0.29) is 12.5 Å². The highest BCUT2D eigenvalue weighted by Crippen LogP contribution is 2.22. The van der Waals surface area contributed by atoms with Crippen LogP contribution < -0.4 is 5.32 Å². The van der Waals surface area contributed by atoms with Crippen LogP contribution in [0.2, 0.25) is 0 Å². The molecule has 16 heavy (non-hydrogen) atoms. The van der Waals surface area contributed by atoms with Crippen molar-refractivity contribution < 1.29 is 17.4 Å². The number of halogens is 3. The molecule has 0 bridgehead atoms. The maximum Gasteiger partial charge on any atom is 0.389 e. The van der Waals surface area contributed by atoms with Crippen molar-refractivity contribution in [3.05, 3.63) is 0 Å². The fourth-order valence-electron chi connectivity index (χ4n) is 1.33. The molecule has 1 N–H and O–H groups in total. The monoisotopic (exact) mass is 259 g/mol. The zero-order valence-corrected chi connectivity index (χ0v) is 10.6. The number of rotatable bonds is 8. The fraction of sp³-hybridized carbons (Fsp3) is 1.00. The molecular formula is C10H20F3NOS. The highest BCUT2D eigenvalue weighted by Gasteiger charge is 2.26. The van der Waals surface area contributed by atoms with Gasteiger partial charge in [0.2, 0.25) is 0 Å². The number of hydrogen-bond acceptors (Lipinski definition) is 2. The number of nitrogens with one attached hydrogen (secondary N) is 1. The van der Waals surface area contributed by atoms with Gasteiger partial charge in [-0.2, -0.15) is 13.2 Å². The first kappa shape index (κ1) is 15.9. The molecule has 0 aromatic rings. The van der Waals surface area contributed by atoms with E-state index in [4.69, 9.17) is 0 Å². The molecule has 0 aromatic heterocycles. The summed E-state index contributed by atoms with van der Waals surface area (Å²) in [5.74, 6) is 0.641. The standard InChI is InChI=1S/C10H20F3NOS/c1-9(5-3-6-10(11,12)13)14-7-4-8-16(2)15/h9,14H,3-8H2,1-2H3. The largest absolute Gasteiger partial charge is 0.389 e. The smallest absolute Gasteiger partial charge is 0.314 e. The van der Waals surface area contributed by atoms with Gasteiger partial charge in [-0.05, 0) is 32.7 Å². The Morgan fingerprint density at radius 3 is 2.44 bits per heavy atom. The third-order valence-electron chi connectivity index (χ3n) is 2.20. The Balaban J connectivity index is 3.38. The van der Waals surface area contributed by atoms with Crippen molar-refractivity contribution >= 4 is 10.8 Å². The first-order valence-electron chi connectivity index (χ1n) is 5.41. The first-order valence-corrected chi connectivity index (χ1v) is 7.14. The molecule has 2 nitrogen and oxygen atoms in total. The van der Waals surface area contributed by atoms with Gasteiger partial charge in [0.05, 0.1) is 0 Å². The molecule has 2 atom stereocenters. The molecule has 6 heteroatoms. The molecule has 0 fully saturated rings. The first-order chi connectivity index (χ1) is 7.31. The van der Waals surface area contributed by atoms with Gasteiger partial charge in [-0.15, -0.1) is 0 Å².